The van der Waals surface area contributed by atoms with Crippen LogP contribution in [0.2, 0.25) is 5.02 Å². The molecule has 2 N–H and O–H groups in total. The number of nitrogens with zero attached hydrogens (tertiary/aromatic N) is 2. The summed E-state index contributed by atoms with van der Waals surface area (Å²) in [6.45, 7) is 5.81. The highest BCUT2D eigenvalue weighted by Gasteiger charge is 2.20. The third-order valence-electron chi connectivity index (χ3n) is 3.01. The van der Waals surface area contributed by atoms with Crippen molar-refractivity contribution in [3.8, 4) is 0 Å². The Bertz CT molecular complexity index is 549. The summed E-state index contributed by atoms with van der Waals surface area (Å²) in [5, 5.41) is 23.2. The molecule has 8 heteroatoms. The third-order valence-corrected chi connectivity index (χ3v) is 3.24. The molecule has 1 rings (SSSR count). The molecule has 1 unspecified atom stereocenters. The number of nitro benzene ring substituents is 1. The Morgan fingerprint density at radius 2 is 2.09 bits per heavy atom. The molecule has 1 atom stereocenters. The lowest BCUT2D eigenvalue weighted by atomic mass is 10.2. The van der Waals surface area contributed by atoms with Gasteiger partial charge in [0.25, 0.3) is 5.69 Å². The predicted molar refractivity (Wildman–Crippen MR) is 85.1 cm³/mol. The lowest BCUT2D eigenvalue weighted by molar-refractivity contribution is -0.383. The molecule has 122 valence electrons. The monoisotopic (exact) mass is 329 g/mol. The summed E-state index contributed by atoms with van der Waals surface area (Å²) in [6.07, 6.45) is -0.569. The van der Waals surface area contributed by atoms with Crippen LogP contribution in [0.5, 0.6) is 0 Å². The van der Waals surface area contributed by atoms with Gasteiger partial charge in [0.1, 0.15) is 5.69 Å². The van der Waals surface area contributed by atoms with E-state index in [4.69, 9.17) is 11.6 Å². The highest BCUT2D eigenvalue weighted by Crippen LogP contribution is 2.27. The van der Waals surface area contributed by atoms with Crippen LogP contribution in [0.15, 0.2) is 18.2 Å². The molecule has 0 fully saturated rings. The maximum absolute atomic E-state index is 12.1. The van der Waals surface area contributed by atoms with Crippen LogP contribution < -0.4 is 5.32 Å². The number of amides is 1. The van der Waals surface area contributed by atoms with Gasteiger partial charge >= 0.3 is 0 Å². The van der Waals surface area contributed by atoms with Crippen molar-refractivity contribution in [3.05, 3.63) is 33.3 Å². The summed E-state index contributed by atoms with van der Waals surface area (Å²) in [5.41, 5.74) is -0.160. The van der Waals surface area contributed by atoms with Gasteiger partial charge < -0.3 is 10.4 Å². The Morgan fingerprint density at radius 3 is 2.59 bits per heavy atom. The zero-order chi connectivity index (χ0) is 16.9. The van der Waals surface area contributed by atoms with E-state index < -0.39 is 11.0 Å². The lowest BCUT2D eigenvalue weighted by Crippen LogP contribution is -2.41. The fraction of sp³-hybridized carbons (Fsp3) is 0.500. The van der Waals surface area contributed by atoms with Crippen molar-refractivity contribution in [1.29, 1.82) is 0 Å². The van der Waals surface area contributed by atoms with Crippen LogP contribution in [0, 0.1) is 10.1 Å². The van der Waals surface area contributed by atoms with Crippen LogP contribution in [-0.4, -0.2) is 46.1 Å². The minimum Gasteiger partial charge on any atom is -0.392 e. The number of rotatable bonds is 7. The molecule has 1 aromatic rings. The number of halogens is 1. The Hall–Kier alpha value is -1.70. The molecule has 0 saturated heterocycles. The van der Waals surface area contributed by atoms with Crippen LogP contribution in [-0.2, 0) is 4.79 Å². The number of nitro groups is 1. The van der Waals surface area contributed by atoms with Crippen LogP contribution in [0.1, 0.15) is 20.8 Å². The molecule has 0 heterocycles. The molecule has 0 aliphatic heterocycles. The maximum atomic E-state index is 12.1. The molecule has 0 aliphatic carbocycles. The first-order valence-corrected chi connectivity index (χ1v) is 7.24. The summed E-state index contributed by atoms with van der Waals surface area (Å²) in [4.78, 5) is 24.2. The number of benzene rings is 1. The molecular formula is C14H20ClN3O4. The number of carbonyl (C=O) groups is 1. The largest absolute Gasteiger partial charge is 0.392 e. The third kappa shape index (κ3) is 5.59. The number of anilines is 1. The number of carbonyl (C=O) groups excluding carboxylic acids is 1. The van der Waals surface area contributed by atoms with E-state index >= 15 is 0 Å². The van der Waals surface area contributed by atoms with Gasteiger partial charge in [-0.05, 0) is 32.9 Å². The van der Waals surface area contributed by atoms with Crippen molar-refractivity contribution in [1.82, 2.24) is 4.90 Å². The number of hydrogen-bond donors (Lipinski definition) is 2. The number of nitrogens with one attached hydrogen (secondary N) is 1. The van der Waals surface area contributed by atoms with Crippen molar-refractivity contribution in [2.75, 3.05) is 18.4 Å². The number of aliphatic hydroxyl groups is 1. The second-order valence-corrected chi connectivity index (χ2v) is 5.78. The van der Waals surface area contributed by atoms with Crippen molar-refractivity contribution in [2.24, 2.45) is 0 Å². The van der Waals surface area contributed by atoms with E-state index in [-0.39, 0.29) is 34.9 Å². The molecule has 22 heavy (non-hydrogen) atoms. The van der Waals surface area contributed by atoms with Gasteiger partial charge in [-0.1, -0.05) is 11.6 Å². The first-order valence-electron chi connectivity index (χ1n) is 6.86. The van der Waals surface area contributed by atoms with Gasteiger partial charge in [-0.25, -0.2) is 0 Å². The van der Waals surface area contributed by atoms with Crippen molar-refractivity contribution in [2.45, 2.75) is 32.9 Å². The quantitative estimate of drug-likeness (QED) is 0.591. The standard InChI is InChI=1S/C14H20ClN3O4/c1-9(2)17(7-10(3)19)8-14(20)16-12-5-4-11(15)6-13(12)18(21)22/h4-6,9-10,19H,7-8H2,1-3H3,(H,16,20). The van der Waals surface area contributed by atoms with Crippen molar-refractivity contribution < 1.29 is 14.8 Å². The molecule has 1 aromatic carbocycles. The molecule has 7 nitrogen and oxygen atoms in total. The highest BCUT2D eigenvalue weighted by molar-refractivity contribution is 6.31. The summed E-state index contributed by atoms with van der Waals surface area (Å²) in [6, 6.07) is 4.11. The van der Waals surface area contributed by atoms with Gasteiger partial charge in [0, 0.05) is 23.7 Å². The summed E-state index contributed by atoms with van der Waals surface area (Å²) in [5.74, 6) is -0.389. The van der Waals surface area contributed by atoms with Crippen molar-refractivity contribution >= 4 is 28.9 Å². The summed E-state index contributed by atoms with van der Waals surface area (Å²) >= 11 is 5.73. The fourth-order valence-electron chi connectivity index (χ4n) is 1.93. The minimum atomic E-state index is -0.600. The van der Waals surface area contributed by atoms with E-state index in [0.717, 1.165) is 0 Å². The summed E-state index contributed by atoms with van der Waals surface area (Å²) < 4.78 is 0. The van der Waals surface area contributed by atoms with Gasteiger partial charge in [0.2, 0.25) is 5.91 Å². The Morgan fingerprint density at radius 1 is 1.45 bits per heavy atom. The predicted octanol–water partition coefficient (Wildman–Crippen LogP) is 2.28. The molecule has 0 aromatic heterocycles. The minimum absolute atomic E-state index is 0.0301. The van der Waals surface area contributed by atoms with Gasteiger partial charge in [-0.15, -0.1) is 0 Å². The summed E-state index contributed by atoms with van der Waals surface area (Å²) in [7, 11) is 0. The smallest absolute Gasteiger partial charge is 0.294 e. The zero-order valence-corrected chi connectivity index (χ0v) is 13.5. The van der Waals surface area contributed by atoms with E-state index in [9.17, 15) is 20.0 Å². The van der Waals surface area contributed by atoms with E-state index in [1.54, 1.807) is 11.8 Å². The normalized spacial score (nSPS) is 12.5. The number of aliphatic hydroxyl groups excluding tert-OH is 1. The Balaban J connectivity index is 2.82. The average Bonchev–Trinajstić information content (AvgIpc) is 2.39. The molecular weight excluding hydrogens is 310 g/mol. The maximum Gasteiger partial charge on any atom is 0.294 e. The lowest BCUT2D eigenvalue weighted by Gasteiger charge is -2.26. The highest BCUT2D eigenvalue weighted by atomic mass is 35.5. The second kappa shape index (κ2) is 8.07. The first-order chi connectivity index (χ1) is 10.2. The van der Waals surface area contributed by atoms with Crippen LogP contribution in [0.3, 0.4) is 0 Å². The van der Waals surface area contributed by atoms with Gasteiger partial charge in [-0.2, -0.15) is 0 Å². The van der Waals surface area contributed by atoms with E-state index in [1.165, 1.54) is 18.2 Å². The van der Waals surface area contributed by atoms with Crippen LogP contribution in [0.25, 0.3) is 0 Å². The Labute approximate surface area is 134 Å². The van der Waals surface area contributed by atoms with Gasteiger partial charge in [-0.3, -0.25) is 19.8 Å². The molecule has 0 saturated carbocycles. The molecule has 0 spiro atoms. The van der Waals surface area contributed by atoms with Gasteiger partial charge in [0.15, 0.2) is 0 Å². The second-order valence-electron chi connectivity index (χ2n) is 5.34. The molecule has 0 radical (unpaired) electrons. The fourth-order valence-corrected chi connectivity index (χ4v) is 2.10. The first kappa shape index (κ1) is 18.3. The van der Waals surface area contributed by atoms with Crippen molar-refractivity contribution in [3.63, 3.8) is 0 Å². The molecule has 1 amide bonds. The molecule has 0 bridgehead atoms. The zero-order valence-electron chi connectivity index (χ0n) is 12.7. The van der Waals surface area contributed by atoms with Gasteiger partial charge in [0.05, 0.1) is 17.6 Å². The van der Waals surface area contributed by atoms with Crippen LogP contribution in [0.4, 0.5) is 11.4 Å². The SMILES string of the molecule is CC(O)CN(CC(=O)Nc1ccc(Cl)cc1[N+](=O)[O-])C(C)C. The average molecular weight is 330 g/mol. The topological polar surface area (TPSA) is 95.7 Å². The number of hydrogen-bond acceptors (Lipinski definition) is 5. The van der Waals surface area contributed by atoms with Crippen LogP contribution >= 0.6 is 11.6 Å². The Kier molecular flexibility index (Phi) is 6.73. The van der Waals surface area contributed by atoms with E-state index in [0.29, 0.717) is 6.54 Å². The molecule has 0 aliphatic rings. The van der Waals surface area contributed by atoms with E-state index in [2.05, 4.69) is 5.32 Å². The van der Waals surface area contributed by atoms with E-state index in [1.807, 2.05) is 13.8 Å².